The highest BCUT2D eigenvalue weighted by Crippen LogP contribution is 2.77. The fourth-order valence-corrected chi connectivity index (χ4v) is 8.35. The topological polar surface area (TPSA) is 53.2 Å². The lowest BCUT2D eigenvalue weighted by atomic mass is 9.84. The molecule has 0 spiro atoms. The molecule has 1 saturated heterocycles. The highest BCUT2D eigenvalue weighted by Gasteiger charge is 2.87. The molecular weight excluding hydrogens is 529 g/mol. The van der Waals surface area contributed by atoms with Crippen LogP contribution in [0.1, 0.15) is 0 Å². The molecule has 0 radical (unpaired) electrons. The average Bonchev–Trinajstić information content (AvgIpc) is 3.19. The number of amides is 2. The summed E-state index contributed by atoms with van der Waals surface area (Å²) in [6, 6.07) is 5.07. The summed E-state index contributed by atoms with van der Waals surface area (Å²) in [5.74, 6) is -3.48. The second kappa shape index (κ2) is 5.80. The number of anilines is 1. The number of aromatic nitrogens is 1. The number of thiazole rings is 1. The van der Waals surface area contributed by atoms with E-state index >= 15 is 0 Å². The number of rotatable bonds is 1. The summed E-state index contributed by atoms with van der Waals surface area (Å²) >= 11 is 45.4. The molecule has 1 aromatic carbocycles. The van der Waals surface area contributed by atoms with Gasteiger partial charge in [-0.15, -0.1) is 34.5 Å². The first-order valence-corrected chi connectivity index (χ1v) is 11.3. The lowest BCUT2D eigenvalue weighted by Crippen LogP contribution is -2.50. The molecule has 2 fully saturated rings. The molecule has 2 aromatic rings. The van der Waals surface area contributed by atoms with Gasteiger partial charge in [0.25, 0.3) is 0 Å². The van der Waals surface area contributed by atoms with Crippen molar-refractivity contribution in [3.63, 3.8) is 0 Å². The van der Waals surface area contributed by atoms with Crippen molar-refractivity contribution in [3.05, 3.63) is 32.2 Å². The second-order valence-corrected chi connectivity index (χ2v) is 11.8. The number of hydrogen-bond acceptors (Lipinski definition) is 4. The number of fused-ring (bicyclic) bond motifs is 6. The normalized spacial score (nSPS) is 36.1. The average molecular weight is 535 g/mol. The van der Waals surface area contributed by atoms with Gasteiger partial charge in [0.15, 0.2) is 8.29 Å². The second-order valence-electron chi connectivity index (χ2n) is 6.79. The third kappa shape index (κ3) is 1.95. The Labute approximate surface area is 197 Å². The Balaban J connectivity index is 1.69. The molecule has 2 aliphatic carbocycles. The number of imide groups is 1. The molecule has 2 heterocycles. The van der Waals surface area contributed by atoms with Crippen molar-refractivity contribution >= 4 is 121 Å². The Morgan fingerprint density at radius 1 is 1.00 bits per heavy atom. The predicted octanol–water partition coefficient (Wildman–Crippen LogP) is 5.91. The van der Waals surface area contributed by atoms with Crippen LogP contribution in [0.4, 0.5) is 5.69 Å². The first-order chi connectivity index (χ1) is 13.0. The van der Waals surface area contributed by atoms with Gasteiger partial charge in [-0.2, -0.15) is 0 Å². The SMILES string of the molecule is O=C1[C@H]2[C@H](C(=O)N1c1ccc3sc(=S)[nH]c3c1)[C@]1(Cl)C(Cl)=C(Cl)[C@]2(Cl)C1(Cl)Cl. The van der Waals surface area contributed by atoms with E-state index in [4.69, 9.17) is 81.8 Å². The van der Waals surface area contributed by atoms with Crippen LogP contribution in [0.5, 0.6) is 0 Å². The molecule has 1 aliphatic heterocycles. The number of nitrogens with one attached hydrogen (secondary N) is 1. The van der Waals surface area contributed by atoms with Crippen LogP contribution in [0, 0.1) is 15.8 Å². The lowest BCUT2D eigenvalue weighted by molar-refractivity contribution is -0.123. The number of carbonyl (C=O) groups is 2. The molecule has 5 rings (SSSR count). The summed E-state index contributed by atoms with van der Waals surface area (Å²) in [7, 11) is 0. The van der Waals surface area contributed by atoms with Crippen LogP contribution in [0.3, 0.4) is 0 Å². The van der Waals surface area contributed by atoms with Crippen molar-refractivity contribution in [1.29, 1.82) is 0 Å². The molecule has 0 unspecified atom stereocenters. The number of carbonyl (C=O) groups excluding carboxylic acids is 2. The highest BCUT2D eigenvalue weighted by molar-refractivity contribution is 7.73. The molecule has 1 saturated carbocycles. The molecule has 1 N–H and O–H groups in total. The van der Waals surface area contributed by atoms with E-state index in [1.807, 2.05) is 0 Å². The third-order valence-corrected chi connectivity index (χ3v) is 11.0. The summed E-state index contributed by atoms with van der Waals surface area (Å²) in [5, 5.41) is -0.227. The van der Waals surface area contributed by atoms with Gasteiger partial charge < -0.3 is 4.98 Å². The van der Waals surface area contributed by atoms with Gasteiger partial charge >= 0.3 is 0 Å². The van der Waals surface area contributed by atoms with E-state index in [0.29, 0.717) is 15.2 Å². The van der Waals surface area contributed by atoms with Crippen molar-refractivity contribution in [2.45, 2.75) is 14.1 Å². The number of benzene rings is 1. The maximum atomic E-state index is 13.3. The first kappa shape index (κ1) is 19.9. The summed E-state index contributed by atoms with van der Waals surface area (Å²) in [4.78, 5) is 27.0. The quantitative estimate of drug-likeness (QED) is 0.281. The zero-order valence-corrected chi connectivity index (χ0v) is 19.4. The van der Waals surface area contributed by atoms with Gasteiger partial charge in [-0.05, 0) is 30.4 Å². The molecule has 2 amide bonds. The molecule has 2 bridgehead atoms. The largest absolute Gasteiger partial charge is 0.337 e. The smallest absolute Gasteiger partial charge is 0.240 e. The van der Waals surface area contributed by atoms with E-state index in [1.165, 1.54) is 11.3 Å². The summed E-state index contributed by atoms with van der Waals surface area (Å²) in [6.45, 7) is 0. The molecular formula is C16H6Cl6N2O2S2. The summed E-state index contributed by atoms with van der Waals surface area (Å²) in [6.07, 6.45) is 0. The Bertz CT molecular complexity index is 1160. The standard InChI is InChI=1S/C16H6Cl6N2O2S2/c17-9-10(18)15(20)8-7(14(9,19)16(15,21)22)11(25)24(12(8)26)4-1-2-6-5(3-4)23-13(27)28-6/h1-3,7-8H,(H,23,27)/t7-,8-,14+,15+/m1/s1. The van der Waals surface area contributed by atoms with E-state index in [-0.39, 0.29) is 10.1 Å². The van der Waals surface area contributed by atoms with Gasteiger partial charge in [0.05, 0.1) is 37.8 Å². The van der Waals surface area contributed by atoms with Crippen LogP contribution in [-0.2, 0) is 9.59 Å². The van der Waals surface area contributed by atoms with Crippen molar-refractivity contribution in [2.24, 2.45) is 11.8 Å². The number of alkyl halides is 4. The Morgan fingerprint density at radius 3 is 2.07 bits per heavy atom. The van der Waals surface area contributed by atoms with E-state index in [1.54, 1.807) is 18.2 Å². The summed E-state index contributed by atoms with van der Waals surface area (Å²) in [5.41, 5.74) is 1.05. The minimum absolute atomic E-state index is 0.113. The zero-order valence-electron chi connectivity index (χ0n) is 13.2. The number of H-pyrrole nitrogens is 1. The van der Waals surface area contributed by atoms with Gasteiger partial charge in [-0.25, -0.2) is 4.90 Å². The van der Waals surface area contributed by atoms with Crippen molar-refractivity contribution in [3.8, 4) is 0 Å². The Hall–Kier alpha value is -0.0500. The van der Waals surface area contributed by atoms with E-state index in [0.717, 1.165) is 9.60 Å². The maximum absolute atomic E-state index is 13.3. The third-order valence-electron chi connectivity index (χ3n) is 5.57. The number of allylic oxidation sites excluding steroid dienone is 2. The Kier molecular flexibility index (Phi) is 4.12. The molecule has 28 heavy (non-hydrogen) atoms. The minimum Gasteiger partial charge on any atom is -0.337 e. The van der Waals surface area contributed by atoms with Crippen LogP contribution in [-0.4, -0.2) is 30.9 Å². The lowest BCUT2D eigenvalue weighted by Gasteiger charge is -2.34. The van der Waals surface area contributed by atoms with E-state index < -0.39 is 37.7 Å². The number of aromatic amines is 1. The van der Waals surface area contributed by atoms with Crippen LogP contribution in [0.2, 0.25) is 0 Å². The first-order valence-electron chi connectivity index (χ1n) is 7.80. The van der Waals surface area contributed by atoms with Gasteiger partial charge in [-0.1, -0.05) is 46.4 Å². The molecule has 3 aliphatic rings. The van der Waals surface area contributed by atoms with Gasteiger partial charge in [0.2, 0.25) is 11.8 Å². The molecule has 1 aromatic heterocycles. The Morgan fingerprint density at radius 2 is 1.54 bits per heavy atom. The van der Waals surface area contributed by atoms with Crippen molar-refractivity contribution in [2.75, 3.05) is 4.90 Å². The van der Waals surface area contributed by atoms with Gasteiger partial charge in [0, 0.05) is 0 Å². The maximum Gasteiger partial charge on any atom is 0.240 e. The van der Waals surface area contributed by atoms with Crippen LogP contribution >= 0.6 is 93.2 Å². The fourth-order valence-electron chi connectivity index (χ4n) is 4.33. The predicted molar refractivity (Wildman–Crippen MR) is 117 cm³/mol. The highest BCUT2D eigenvalue weighted by atomic mass is 35.5. The van der Waals surface area contributed by atoms with Crippen LogP contribution in [0.25, 0.3) is 10.2 Å². The van der Waals surface area contributed by atoms with Gasteiger partial charge in [0.1, 0.15) is 9.75 Å². The monoisotopic (exact) mass is 532 g/mol. The number of nitrogens with zero attached hydrogens (tertiary/aromatic N) is 1. The molecule has 12 heteroatoms. The van der Waals surface area contributed by atoms with E-state index in [9.17, 15) is 9.59 Å². The number of halogens is 6. The minimum atomic E-state index is -1.94. The zero-order chi connectivity index (χ0) is 20.4. The fraction of sp³-hybridized carbons (Fsp3) is 0.312. The molecule has 4 nitrogen and oxygen atoms in total. The number of hydrogen-bond donors (Lipinski definition) is 1. The van der Waals surface area contributed by atoms with E-state index in [2.05, 4.69) is 4.98 Å². The van der Waals surface area contributed by atoms with Crippen LogP contribution in [0.15, 0.2) is 28.3 Å². The van der Waals surface area contributed by atoms with Crippen molar-refractivity contribution in [1.82, 2.24) is 4.98 Å². The molecule has 4 atom stereocenters. The van der Waals surface area contributed by atoms with Crippen molar-refractivity contribution < 1.29 is 9.59 Å². The molecule has 146 valence electrons. The van der Waals surface area contributed by atoms with Crippen LogP contribution < -0.4 is 4.90 Å². The van der Waals surface area contributed by atoms with Gasteiger partial charge in [-0.3, -0.25) is 9.59 Å². The summed E-state index contributed by atoms with van der Waals surface area (Å²) < 4.78 is -0.465.